The average Bonchev–Trinajstić information content (AvgIpc) is 1.97. The summed E-state index contributed by atoms with van der Waals surface area (Å²) in [5, 5.41) is -0.342. The zero-order chi connectivity index (χ0) is 13.2. The molecule has 0 saturated carbocycles. The lowest BCUT2D eigenvalue weighted by atomic mass is 9.85. The summed E-state index contributed by atoms with van der Waals surface area (Å²) in [7, 11) is 0.567. The van der Waals surface area contributed by atoms with E-state index < -0.39 is 5.60 Å². The van der Waals surface area contributed by atoms with E-state index in [9.17, 15) is 4.79 Å². The van der Waals surface area contributed by atoms with Gasteiger partial charge in [0.2, 0.25) is 0 Å². The second-order valence-corrected chi connectivity index (χ2v) is 8.42. The molecule has 96 valence electrons. The molecule has 0 aromatic rings. The fraction of sp³-hybridized carbons (Fsp3) is 0.923. The molecule has 0 rings (SSSR count). The maximum atomic E-state index is 12.2. The lowest BCUT2D eigenvalue weighted by Gasteiger charge is -2.35. The highest BCUT2D eigenvalue weighted by Gasteiger charge is 2.38. The molecule has 0 bridgehead atoms. The highest BCUT2D eigenvalue weighted by Crippen LogP contribution is 2.41. The number of ether oxygens (including phenoxy) is 1. The number of carbonyl (C=O) groups is 1. The van der Waals surface area contributed by atoms with Crippen LogP contribution < -0.4 is 0 Å². The van der Waals surface area contributed by atoms with Gasteiger partial charge < -0.3 is 4.74 Å². The zero-order valence-electron chi connectivity index (χ0n) is 12.0. The third-order valence-corrected chi connectivity index (χ3v) is 3.77. The first-order chi connectivity index (χ1) is 6.90. The van der Waals surface area contributed by atoms with Crippen molar-refractivity contribution in [2.75, 3.05) is 6.66 Å². The minimum absolute atomic E-state index is 0.0595. The Morgan fingerprint density at radius 3 is 1.75 bits per heavy atom. The van der Waals surface area contributed by atoms with Crippen LogP contribution in [-0.4, -0.2) is 23.4 Å². The molecule has 0 aliphatic rings. The Balaban J connectivity index is 4.77. The summed E-state index contributed by atoms with van der Waals surface area (Å²) in [6.07, 6.45) is 0.865. The van der Waals surface area contributed by atoms with Gasteiger partial charge in [-0.2, -0.15) is 0 Å². The van der Waals surface area contributed by atoms with Crippen LogP contribution in [0, 0.1) is 5.41 Å². The molecule has 0 fully saturated rings. The Morgan fingerprint density at radius 2 is 1.50 bits per heavy atom. The number of esters is 1. The van der Waals surface area contributed by atoms with Crippen molar-refractivity contribution in [3.8, 4) is 0 Å². The molecule has 0 aromatic heterocycles. The van der Waals surface area contributed by atoms with Crippen LogP contribution in [0.2, 0.25) is 0 Å². The first-order valence-electron chi connectivity index (χ1n) is 5.82. The SMILES string of the molecule is CPC(C)(CC(C)(C)C)C(=O)OC(C)(C)C. The Kier molecular flexibility index (Phi) is 5.01. The van der Waals surface area contributed by atoms with Crippen molar-refractivity contribution in [3.05, 3.63) is 0 Å². The molecule has 0 amide bonds. The van der Waals surface area contributed by atoms with E-state index >= 15 is 0 Å². The maximum absolute atomic E-state index is 12.2. The van der Waals surface area contributed by atoms with Crippen molar-refractivity contribution in [1.29, 1.82) is 0 Å². The zero-order valence-corrected chi connectivity index (χ0v) is 13.0. The second kappa shape index (κ2) is 5.04. The summed E-state index contributed by atoms with van der Waals surface area (Å²) in [6.45, 7) is 16.3. The van der Waals surface area contributed by atoms with Gasteiger partial charge >= 0.3 is 5.97 Å². The molecule has 0 aromatic carbocycles. The van der Waals surface area contributed by atoms with Crippen LogP contribution in [0.15, 0.2) is 0 Å². The van der Waals surface area contributed by atoms with Gasteiger partial charge in [0.25, 0.3) is 0 Å². The predicted molar refractivity (Wildman–Crippen MR) is 72.6 cm³/mol. The monoisotopic (exact) mass is 246 g/mol. The van der Waals surface area contributed by atoms with Gasteiger partial charge in [-0.15, -0.1) is 8.58 Å². The molecule has 0 aliphatic heterocycles. The van der Waals surface area contributed by atoms with Crippen molar-refractivity contribution in [2.45, 2.75) is 65.6 Å². The molecule has 0 aliphatic carbocycles. The van der Waals surface area contributed by atoms with Crippen molar-refractivity contribution < 1.29 is 9.53 Å². The smallest absolute Gasteiger partial charge is 0.316 e. The second-order valence-electron chi connectivity index (χ2n) is 6.82. The van der Waals surface area contributed by atoms with Crippen LogP contribution >= 0.6 is 8.58 Å². The van der Waals surface area contributed by atoms with Gasteiger partial charge in [0.05, 0.1) is 5.16 Å². The first kappa shape index (κ1) is 15.9. The van der Waals surface area contributed by atoms with Gasteiger partial charge in [0.15, 0.2) is 0 Å². The molecular formula is C13H27O2P. The molecule has 2 nitrogen and oxygen atoms in total. The summed E-state index contributed by atoms with van der Waals surface area (Å²) < 4.78 is 5.51. The summed E-state index contributed by atoms with van der Waals surface area (Å²) in [6, 6.07) is 0. The van der Waals surface area contributed by atoms with Crippen LogP contribution in [0.5, 0.6) is 0 Å². The fourth-order valence-corrected chi connectivity index (χ4v) is 2.68. The van der Waals surface area contributed by atoms with E-state index in [0.717, 1.165) is 6.42 Å². The van der Waals surface area contributed by atoms with Gasteiger partial charge in [0, 0.05) is 0 Å². The molecule has 0 saturated heterocycles. The first-order valence-corrected chi connectivity index (χ1v) is 7.32. The Labute approximate surface area is 102 Å². The van der Waals surface area contributed by atoms with Gasteiger partial charge in [0.1, 0.15) is 5.60 Å². The van der Waals surface area contributed by atoms with Crippen molar-refractivity contribution in [2.24, 2.45) is 5.41 Å². The third-order valence-electron chi connectivity index (χ3n) is 2.29. The molecule has 16 heavy (non-hydrogen) atoms. The summed E-state index contributed by atoms with van der Waals surface area (Å²) >= 11 is 0. The summed E-state index contributed by atoms with van der Waals surface area (Å²) in [4.78, 5) is 12.2. The molecule has 0 N–H and O–H groups in total. The standard InChI is InChI=1S/C13H27O2P/c1-11(2,3)9-13(7,16-8)10(14)15-12(4,5)6/h16H,9H2,1-8H3. The van der Waals surface area contributed by atoms with Crippen molar-refractivity contribution in [1.82, 2.24) is 0 Å². The quantitative estimate of drug-likeness (QED) is 0.559. The van der Waals surface area contributed by atoms with E-state index in [1.807, 2.05) is 27.7 Å². The van der Waals surface area contributed by atoms with Crippen molar-refractivity contribution in [3.63, 3.8) is 0 Å². The minimum Gasteiger partial charge on any atom is -0.459 e. The van der Waals surface area contributed by atoms with Crippen LogP contribution in [0.1, 0.15) is 54.9 Å². The Hall–Kier alpha value is -0.100. The average molecular weight is 246 g/mol. The van der Waals surface area contributed by atoms with E-state index in [-0.39, 0.29) is 16.5 Å². The Bertz CT molecular complexity index is 248. The maximum Gasteiger partial charge on any atom is 0.316 e. The van der Waals surface area contributed by atoms with Gasteiger partial charge in [-0.25, -0.2) is 0 Å². The normalized spacial score (nSPS) is 17.5. The minimum atomic E-state index is -0.393. The molecule has 0 radical (unpaired) electrons. The third kappa shape index (κ3) is 5.84. The van der Waals surface area contributed by atoms with Gasteiger partial charge in [-0.05, 0) is 46.2 Å². The molecule has 0 spiro atoms. The van der Waals surface area contributed by atoms with E-state index in [2.05, 4.69) is 27.4 Å². The highest BCUT2D eigenvalue weighted by atomic mass is 31.1. The Morgan fingerprint density at radius 1 is 1.06 bits per heavy atom. The highest BCUT2D eigenvalue weighted by molar-refractivity contribution is 7.40. The summed E-state index contributed by atoms with van der Waals surface area (Å²) in [5.74, 6) is -0.0595. The van der Waals surface area contributed by atoms with E-state index in [0.29, 0.717) is 8.58 Å². The molecule has 0 heterocycles. The topological polar surface area (TPSA) is 26.3 Å². The fourth-order valence-electron chi connectivity index (χ4n) is 1.71. The number of rotatable bonds is 3. The van der Waals surface area contributed by atoms with Crippen LogP contribution in [0.4, 0.5) is 0 Å². The van der Waals surface area contributed by atoms with Crippen molar-refractivity contribution >= 4 is 14.6 Å². The van der Waals surface area contributed by atoms with Gasteiger partial charge in [-0.1, -0.05) is 20.8 Å². The number of carbonyl (C=O) groups excluding carboxylic acids is 1. The van der Waals surface area contributed by atoms with Crippen LogP contribution in [0.25, 0.3) is 0 Å². The van der Waals surface area contributed by atoms with Crippen LogP contribution in [0.3, 0.4) is 0 Å². The molecular weight excluding hydrogens is 219 g/mol. The van der Waals surface area contributed by atoms with Gasteiger partial charge in [-0.3, -0.25) is 4.79 Å². The van der Waals surface area contributed by atoms with E-state index in [1.54, 1.807) is 0 Å². The molecule has 2 atom stereocenters. The molecule has 3 heteroatoms. The van der Waals surface area contributed by atoms with Crippen LogP contribution in [-0.2, 0) is 9.53 Å². The number of hydrogen-bond donors (Lipinski definition) is 0. The molecule has 2 unspecified atom stereocenters. The predicted octanol–water partition coefficient (Wildman–Crippen LogP) is 3.83. The van der Waals surface area contributed by atoms with E-state index in [1.165, 1.54) is 0 Å². The largest absolute Gasteiger partial charge is 0.459 e. The lowest BCUT2D eigenvalue weighted by molar-refractivity contribution is -0.158. The number of hydrogen-bond acceptors (Lipinski definition) is 2. The summed E-state index contributed by atoms with van der Waals surface area (Å²) in [5.41, 5.74) is -0.245. The lowest BCUT2D eigenvalue weighted by Crippen LogP contribution is -2.40. The van der Waals surface area contributed by atoms with E-state index in [4.69, 9.17) is 4.74 Å².